The van der Waals surface area contributed by atoms with Crippen LogP contribution in [0.5, 0.6) is 0 Å². The number of anilines is 1. The molecular weight excluding hydrogens is 264 g/mol. The Labute approximate surface area is 118 Å². The highest BCUT2D eigenvalue weighted by atomic mass is 35.5. The molecule has 1 N–H and O–H groups in total. The van der Waals surface area contributed by atoms with Gasteiger partial charge in [-0.15, -0.1) is 0 Å². The van der Waals surface area contributed by atoms with Crippen LogP contribution in [0.2, 0.25) is 5.02 Å². The predicted molar refractivity (Wildman–Crippen MR) is 76.9 cm³/mol. The molecule has 1 aliphatic heterocycles. The zero-order valence-corrected chi connectivity index (χ0v) is 12.0. The third-order valence-electron chi connectivity index (χ3n) is 3.14. The number of benzene rings is 1. The molecule has 1 amide bonds. The first-order valence-corrected chi connectivity index (χ1v) is 6.81. The molecule has 0 aliphatic carbocycles. The molecule has 0 saturated carbocycles. The van der Waals surface area contributed by atoms with Crippen LogP contribution in [-0.2, 0) is 4.74 Å². The maximum absolute atomic E-state index is 12.1. The second-order valence-corrected chi connectivity index (χ2v) is 5.38. The Morgan fingerprint density at radius 2 is 2.26 bits per heavy atom. The summed E-state index contributed by atoms with van der Waals surface area (Å²) in [6, 6.07) is 5.53. The number of carbonyl (C=O) groups excluding carboxylic acids is 1. The van der Waals surface area contributed by atoms with E-state index in [0.29, 0.717) is 17.2 Å². The highest BCUT2D eigenvalue weighted by Crippen LogP contribution is 2.24. The summed E-state index contributed by atoms with van der Waals surface area (Å²) >= 11 is 6.02. The third-order valence-corrected chi connectivity index (χ3v) is 3.37. The molecule has 1 aromatic rings. The van der Waals surface area contributed by atoms with E-state index in [2.05, 4.69) is 5.32 Å². The molecule has 1 fully saturated rings. The van der Waals surface area contributed by atoms with Gasteiger partial charge in [-0.25, -0.2) is 0 Å². The molecule has 0 bridgehead atoms. The van der Waals surface area contributed by atoms with Crippen LogP contribution >= 0.6 is 11.6 Å². The van der Waals surface area contributed by atoms with Gasteiger partial charge in [0.05, 0.1) is 12.2 Å². The Bertz CT molecular complexity index is 457. The van der Waals surface area contributed by atoms with Crippen molar-refractivity contribution in [2.45, 2.75) is 18.9 Å². The molecule has 19 heavy (non-hydrogen) atoms. The molecule has 1 atom stereocenters. The maximum atomic E-state index is 12.1. The summed E-state index contributed by atoms with van der Waals surface area (Å²) in [5.41, 5.74) is 1.42. The van der Waals surface area contributed by atoms with Crippen molar-refractivity contribution < 1.29 is 9.53 Å². The second-order valence-electron chi connectivity index (χ2n) is 4.95. The summed E-state index contributed by atoms with van der Waals surface area (Å²) in [4.78, 5) is 13.7. The maximum Gasteiger partial charge on any atom is 0.255 e. The van der Waals surface area contributed by atoms with Crippen molar-refractivity contribution in [2.24, 2.45) is 0 Å². The summed E-state index contributed by atoms with van der Waals surface area (Å²) in [7, 11) is 3.48. The molecule has 4 nitrogen and oxygen atoms in total. The average Bonchev–Trinajstić information content (AvgIpc) is 2.39. The van der Waals surface area contributed by atoms with Gasteiger partial charge < -0.3 is 15.0 Å². The van der Waals surface area contributed by atoms with Crippen molar-refractivity contribution >= 4 is 23.2 Å². The molecule has 1 unspecified atom stereocenters. The Morgan fingerprint density at radius 3 is 2.89 bits per heavy atom. The summed E-state index contributed by atoms with van der Waals surface area (Å²) in [5, 5.41) is 3.99. The van der Waals surface area contributed by atoms with E-state index in [9.17, 15) is 4.79 Å². The number of amides is 1. The normalized spacial score (nSPS) is 19.0. The fraction of sp³-hybridized carbons (Fsp3) is 0.500. The Kier molecular flexibility index (Phi) is 4.66. The van der Waals surface area contributed by atoms with E-state index < -0.39 is 0 Å². The van der Waals surface area contributed by atoms with Gasteiger partial charge >= 0.3 is 0 Å². The minimum Gasteiger partial charge on any atom is -0.379 e. The smallest absolute Gasteiger partial charge is 0.255 e. The fourth-order valence-corrected chi connectivity index (χ4v) is 2.31. The SMILES string of the molecule is CN(C)C(=O)c1ccc(Cl)cc1NC1CCCOC1. The standard InChI is InChI=1S/C14H19ClN2O2/c1-17(2)14(18)12-6-5-10(15)8-13(12)16-11-4-3-7-19-9-11/h5-6,8,11,16H,3-4,7,9H2,1-2H3. The number of hydrogen-bond donors (Lipinski definition) is 1. The van der Waals surface area contributed by atoms with Gasteiger partial charge in [-0.05, 0) is 31.0 Å². The molecule has 1 heterocycles. The first-order valence-electron chi connectivity index (χ1n) is 6.43. The van der Waals surface area contributed by atoms with E-state index >= 15 is 0 Å². The second kappa shape index (κ2) is 6.26. The quantitative estimate of drug-likeness (QED) is 0.927. The van der Waals surface area contributed by atoms with Crippen molar-refractivity contribution in [3.05, 3.63) is 28.8 Å². The number of hydrogen-bond acceptors (Lipinski definition) is 3. The van der Waals surface area contributed by atoms with Crippen molar-refractivity contribution in [1.82, 2.24) is 4.90 Å². The molecular formula is C14H19ClN2O2. The average molecular weight is 283 g/mol. The van der Waals surface area contributed by atoms with Crippen LogP contribution in [0.4, 0.5) is 5.69 Å². The van der Waals surface area contributed by atoms with Crippen molar-refractivity contribution in [2.75, 3.05) is 32.6 Å². The molecule has 2 rings (SSSR count). The van der Waals surface area contributed by atoms with Gasteiger partial charge in [0.2, 0.25) is 0 Å². The highest BCUT2D eigenvalue weighted by molar-refractivity contribution is 6.31. The predicted octanol–water partition coefficient (Wildman–Crippen LogP) is 2.63. The van der Waals surface area contributed by atoms with Crippen molar-refractivity contribution in [3.63, 3.8) is 0 Å². The number of nitrogens with zero attached hydrogens (tertiary/aromatic N) is 1. The molecule has 1 aliphatic rings. The number of nitrogens with one attached hydrogen (secondary N) is 1. The zero-order chi connectivity index (χ0) is 13.8. The summed E-state index contributed by atoms with van der Waals surface area (Å²) in [6.45, 7) is 1.49. The van der Waals surface area contributed by atoms with Gasteiger partial charge in [0, 0.05) is 37.5 Å². The van der Waals surface area contributed by atoms with E-state index in [1.165, 1.54) is 0 Å². The zero-order valence-electron chi connectivity index (χ0n) is 11.3. The summed E-state index contributed by atoms with van der Waals surface area (Å²) < 4.78 is 5.44. The largest absolute Gasteiger partial charge is 0.379 e. The molecule has 0 aromatic heterocycles. The van der Waals surface area contributed by atoms with E-state index in [-0.39, 0.29) is 11.9 Å². The van der Waals surface area contributed by atoms with Crippen molar-refractivity contribution in [1.29, 1.82) is 0 Å². The minimum atomic E-state index is -0.0316. The lowest BCUT2D eigenvalue weighted by Crippen LogP contribution is -2.31. The number of halogens is 1. The van der Waals surface area contributed by atoms with Crippen molar-refractivity contribution in [3.8, 4) is 0 Å². The van der Waals surface area contributed by atoms with Gasteiger partial charge in [0.25, 0.3) is 5.91 Å². The van der Waals surface area contributed by atoms with Gasteiger partial charge in [0.15, 0.2) is 0 Å². The molecule has 0 radical (unpaired) electrons. The third kappa shape index (κ3) is 3.61. The van der Waals surface area contributed by atoms with Gasteiger partial charge in [-0.3, -0.25) is 4.79 Å². The topological polar surface area (TPSA) is 41.6 Å². The van der Waals surface area contributed by atoms with Gasteiger partial charge in [-0.1, -0.05) is 11.6 Å². The van der Waals surface area contributed by atoms with E-state index in [0.717, 1.165) is 25.1 Å². The van der Waals surface area contributed by atoms with Crippen LogP contribution in [0, 0.1) is 0 Å². The lowest BCUT2D eigenvalue weighted by Gasteiger charge is -2.25. The Hall–Kier alpha value is -1.26. The molecule has 1 saturated heterocycles. The lowest BCUT2D eigenvalue weighted by molar-refractivity contribution is 0.0824. The molecule has 5 heteroatoms. The minimum absolute atomic E-state index is 0.0316. The molecule has 0 spiro atoms. The lowest BCUT2D eigenvalue weighted by atomic mass is 10.1. The van der Waals surface area contributed by atoms with Crippen LogP contribution in [-0.4, -0.2) is 44.2 Å². The Balaban J connectivity index is 2.21. The highest BCUT2D eigenvalue weighted by Gasteiger charge is 2.18. The van der Waals surface area contributed by atoms with Crippen LogP contribution in [0.25, 0.3) is 0 Å². The van der Waals surface area contributed by atoms with Crippen LogP contribution in [0.1, 0.15) is 23.2 Å². The fourth-order valence-electron chi connectivity index (χ4n) is 2.14. The first-order chi connectivity index (χ1) is 9.08. The number of carbonyl (C=O) groups is 1. The van der Waals surface area contributed by atoms with Crippen LogP contribution < -0.4 is 5.32 Å². The summed E-state index contributed by atoms with van der Waals surface area (Å²) in [5.74, 6) is -0.0316. The first kappa shape index (κ1) is 14.2. The number of ether oxygens (including phenoxy) is 1. The van der Waals surface area contributed by atoms with Crippen LogP contribution in [0.3, 0.4) is 0 Å². The Morgan fingerprint density at radius 1 is 1.47 bits per heavy atom. The van der Waals surface area contributed by atoms with E-state index in [4.69, 9.17) is 16.3 Å². The van der Waals surface area contributed by atoms with Gasteiger partial charge in [-0.2, -0.15) is 0 Å². The molecule has 104 valence electrons. The van der Waals surface area contributed by atoms with E-state index in [1.54, 1.807) is 37.2 Å². The summed E-state index contributed by atoms with van der Waals surface area (Å²) in [6.07, 6.45) is 2.08. The number of rotatable bonds is 3. The monoisotopic (exact) mass is 282 g/mol. The molecule has 1 aromatic carbocycles. The van der Waals surface area contributed by atoms with Gasteiger partial charge in [0.1, 0.15) is 0 Å². The van der Waals surface area contributed by atoms with E-state index in [1.807, 2.05) is 0 Å². The van der Waals surface area contributed by atoms with Crippen LogP contribution in [0.15, 0.2) is 18.2 Å².